The van der Waals surface area contributed by atoms with Crippen molar-refractivity contribution in [1.82, 2.24) is 20.5 Å². The van der Waals surface area contributed by atoms with Crippen LogP contribution in [0.15, 0.2) is 59.6 Å². The van der Waals surface area contributed by atoms with E-state index in [4.69, 9.17) is 20.2 Å². The molecule has 4 N–H and O–H groups in total. The van der Waals surface area contributed by atoms with Crippen LogP contribution in [0, 0.1) is 17.1 Å². The average molecular weight is 550 g/mol. The number of aliphatic imine (C=N–C) groups is 1. The molecule has 0 aliphatic carbocycles. The number of aliphatic hydroxyl groups is 1. The molecule has 2 atom stereocenters. The number of halogens is 1. The molecule has 0 bridgehead atoms. The lowest BCUT2D eigenvalue weighted by Crippen LogP contribution is -2.42. The van der Waals surface area contributed by atoms with Crippen molar-refractivity contribution < 1.29 is 19.0 Å². The molecule has 1 aromatic carbocycles. The zero-order valence-electron chi connectivity index (χ0n) is 22.4. The van der Waals surface area contributed by atoms with Crippen LogP contribution in [0.25, 0.3) is 0 Å². The molecule has 2 fully saturated rings. The van der Waals surface area contributed by atoms with Gasteiger partial charge >= 0.3 is 0 Å². The molecule has 3 aliphatic heterocycles. The zero-order chi connectivity index (χ0) is 27.9. The Morgan fingerprint density at radius 2 is 2.05 bits per heavy atom. The number of hydrogen-bond donors (Lipinski definition) is 4. The van der Waals surface area contributed by atoms with E-state index < -0.39 is 0 Å². The number of ether oxygens (including phenoxy) is 1. The van der Waals surface area contributed by atoms with Crippen LogP contribution >= 0.6 is 0 Å². The fourth-order valence-electron chi connectivity index (χ4n) is 5.37. The van der Waals surface area contributed by atoms with E-state index in [9.17, 15) is 9.18 Å². The number of hydrogen-bond acceptors (Lipinski definition) is 8. The monoisotopic (exact) mass is 549 g/mol. The summed E-state index contributed by atoms with van der Waals surface area (Å²) in [5, 5.41) is 23.8. The SMILES string of the molecule is N=C(/C=C\C1=NCC(c2cccc(N3CCC(C(=O)NCCO)CC3)n2)N1)N1CCOCC1c1cccc(F)c1. The second kappa shape index (κ2) is 13.0. The minimum atomic E-state index is -0.301. The van der Waals surface area contributed by atoms with Crippen LogP contribution in [0.2, 0.25) is 0 Å². The first kappa shape index (κ1) is 27.7. The molecule has 5 rings (SSSR count). The van der Waals surface area contributed by atoms with Gasteiger partial charge in [0.25, 0.3) is 0 Å². The third-order valence-electron chi connectivity index (χ3n) is 7.55. The first-order chi connectivity index (χ1) is 19.5. The molecule has 10 nitrogen and oxygen atoms in total. The van der Waals surface area contributed by atoms with Crippen LogP contribution in [0.1, 0.15) is 36.2 Å². The third-order valence-corrected chi connectivity index (χ3v) is 7.55. The summed E-state index contributed by atoms with van der Waals surface area (Å²) in [5.41, 5.74) is 1.68. The number of nitrogens with zero attached hydrogens (tertiary/aromatic N) is 4. The predicted octanol–water partition coefficient (Wildman–Crippen LogP) is 2.20. The summed E-state index contributed by atoms with van der Waals surface area (Å²) in [5.74, 6) is 1.56. The van der Waals surface area contributed by atoms with E-state index in [1.165, 1.54) is 12.1 Å². The van der Waals surface area contributed by atoms with Crippen molar-refractivity contribution in [3.8, 4) is 0 Å². The van der Waals surface area contributed by atoms with Crippen molar-refractivity contribution in [3.05, 3.63) is 71.7 Å². The Morgan fingerprint density at radius 1 is 1.23 bits per heavy atom. The van der Waals surface area contributed by atoms with Crippen molar-refractivity contribution >= 4 is 23.4 Å². The number of amidine groups is 2. The van der Waals surface area contributed by atoms with Crippen LogP contribution in [0.4, 0.5) is 10.2 Å². The van der Waals surface area contributed by atoms with Crippen molar-refractivity contribution in [1.29, 1.82) is 5.41 Å². The van der Waals surface area contributed by atoms with Gasteiger partial charge in [0.2, 0.25) is 5.91 Å². The van der Waals surface area contributed by atoms with Crippen LogP contribution in [-0.2, 0) is 9.53 Å². The first-order valence-corrected chi connectivity index (χ1v) is 13.8. The van der Waals surface area contributed by atoms with E-state index in [0.29, 0.717) is 44.5 Å². The largest absolute Gasteiger partial charge is 0.395 e. The van der Waals surface area contributed by atoms with Gasteiger partial charge in [-0.3, -0.25) is 15.2 Å². The number of morpholine rings is 1. The smallest absolute Gasteiger partial charge is 0.223 e. The van der Waals surface area contributed by atoms with Gasteiger partial charge in [0, 0.05) is 32.1 Å². The standard InChI is InChI=1S/C29H36FN7O3/c30-22-4-1-3-21(17-22)25-19-40-16-14-37(25)26(31)7-8-27-33-18-24(34-27)23-5-2-6-28(35-23)36-12-9-20(10-13-36)29(39)32-11-15-38/h1-8,17,20,24-25,31,38H,9-16,18-19H2,(H,32,39)(H,33,34)/b8-7-,31-26?. The van der Waals surface area contributed by atoms with E-state index >= 15 is 0 Å². The number of carbonyl (C=O) groups is 1. The summed E-state index contributed by atoms with van der Waals surface area (Å²) < 4.78 is 19.4. The molecular weight excluding hydrogens is 513 g/mol. The van der Waals surface area contributed by atoms with Crippen LogP contribution < -0.4 is 15.5 Å². The average Bonchev–Trinajstić information content (AvgIpc) is 3.48. The summed E-state index contributed by atoms with van der Waals surface area (Å²) >= 11 is 0. The predicted molar refractivity (Wildman–Crippen MR) is 151 cm³/mol. The maximum absolute atomic E-state index is 13.8. The molecule has 0 spiro atoms. The molecule has 2 unspecified atom stereocenters. The Labute approximate surface area is 233 Å². The maximum Gasteiger partial charge on any atom is 0.223 e. The van der Waals surface area contributed by atoms with Gasteiger partial charge < -0.3 is 30.3 Å². The van der Waals surface area contributed by atoms with Gasteiger partial charge in [0.05, 0.1) is 44.1 Å². The molecule has 0 saturated carbocycles. The van der Waals surface area contributed by atoms with Crippen LogP contribution in [-0.4, -0.2) is 85.1 Å². The number of aliphatic hydroxyl groups excluding tert-OH is 1. The highest BCUT2D eigenvalue weighted by Crippen LogP contribution is 2.26. The topological polar surface area (TPSA) is 126 Å². The summed E-state index contributed by atoms with van der Waals surface area (Å²) in [7, 11) is 0. The summed E-state index contributed by atoms with van der Waals surface area (Å²) in [4.78, 5) is 25.8. The summed E-state index contributed by atoms with van der Waals surface area (Å²) in [6.45, 7) is 3.74. The fourth-order valence-corrected chi connectivity index (χ4v) is 5.37. The Morgan fingerprint density at radius 3 is 2.85 bits per heavy atom. The van der Waals surface area contributed by atoms with Gasteiger partial charge in [-0.1, -0.05) is 18.2 Å². The van der Waals surface area contributed by atoms with E-state index in [-0.39, 0.29) is 36.3 Å². The second-order valence-electron chi connectivity index (χ2n) is 10.2. The van der Waals surface area contributed by atoms with E-state index in [2.05, 4.69) is 20.5 Å². The van der Waals surface area contributed by atoms with Gasteiger partial charge in [0.1, 0.15) is 23.3 Å². The van der Waals surface area contributed by atoms with E-state index in [1.807, 2.05) is 29.2 Å². The molecule has 2 saturated heterocycles. The minimum absolute atomic E-state index is 0.00878. The molecule has 3 aliphatic rings. The quantitative estimate of drug-likeness (QED) is 0.294. The molecule has 1 amide bonds. The number of anilines is 1. The maximum atomic E-state index is 13.8. The Kier molecular flexibility index (Phi) is 9.02. The van der Waals surface area contributed by atoms with Gasteiger partial charge in [-0.15, -0.1) is 0 Å². The Bertz CT molecular complexity index is 1260. The summed E-state index contributed by atoms with van der Waals surface area (Å²) in [6.07, 6.45) is 5.02. The van der Waals surface area contributed by atoms with Gasteiger partial charge in [-0.2, -0.15) is 0 Å². The lowest BCUT2D eigenvalue weighted by molar-refractivity contribution is -0.125. The second-order valence-corrected chi connectivity index (χ2v) is 10.2. The van der Waals surface area contributed by atoms with Crippen molar-refractivity contribution in [3.63, 3.8) is 0 Å². The molecule has 40 heavy (non-hydrogen) atoms. The van der Waals surface area contributed by atoms with E-state index in [1.54, 1.807) is 18.2 Å². The van der Waals surface area contributed by atoms with Gasteiger partial charge in [0.15, 0.2) is 0 Å². The normalized spacial score (nSPS) is 21.8. The van der Waals surface area contributed by atoms with Gasteiger partial charge in [-0.25, -0.2) is 9.37 Å². The highest BCUT2D eigenvalue weighted by atomic mass is 19.1. The molecule has 0 radical (unpaired) electrons. The van der Waals surface area contributed by atoms with Crippen molar-refractivity contribution in [2.24, 2.45) is 10.9 Å². The third kappa shape index (κ3) is 6.65. The number of rotatable bonds is 8. The number of nitrogens with one attached hydrogen (secondary N) is 3. The lowest BCUT2D eigenvalue weighted by atomic mass is 9.96. The molecule has 11 heteroatoms. The summed E-state index contributed by atoms with van der Waals surface area (Å²) in [6, 6.07) is 12.1. The first-order valence-electron chi connectivity index (χ1n) is 13.8. The lowest BCUT2D eigenvalue weighted by Gasteiger charge is -2.36. The number of pyridine rings is 1. The van der Waals surface area contributed by atoms with Crippen LogP contribution in [0.3, 0.4) is 0 Å². The molecule has 4 heterocycles. The number of aromatic nitrogens is 1. The number of amides is 1. The van der Waals surface area contributed by atoms with Crippen LogP contribution in [0.5, 0.6) is 0 Å². The number of benzene rings is 1. The van der Waals surface area contributed by atoms with E-state index in [0.717, 1.165) is 43.0 Å². The fraction of sp³-hybridized carbons (Fsp3) is 0.448. The molecule has 1 aromatic heterocycles. The van der Waals surface area contributed by atoms with Crippen molar-refractivity contribution in [2.45, 2.75) is 24.9 Å². The molecular formula is C29H36FN7O3. The number of carbonyl (C=O) groups excluding carboxylic acids is 1. The highest BCUT2D eigenvalue weighted by molar-refractivity contribution is 6.01. The number of piperidine rings is 1. The molecule has 2 aromatic rings. The van der Waals surface area contributed by atoms with Crippen molar-refractivity contribution in [2.75, 3.05) is 57.4 Å². The Balaban J connectivity index is 1.16. The van der Waals surface area contributed by atoms with Gasteiger partial charge in [-0.05, 0) is 54.8 Å². The molecule has 212 valence electrons. The highest BCUT2D eigenvalue weighted by Gasteiger charge is 2.28. The Hall–Kier alpha value is -3.83. The minimum Gasteiger partial charge on any atom is -0.395 e. The zero-order valence-corrected chi connectivity index (χ0v) is 22.4.